The third kappa shape index (κ3) is 1.46. The Morgan fingerprint density at radius 3 is 2.58 bits per heavy atom. The molecule has 0 aromatic rings. The fraction of sp³-hybridized carbons (Fsp3) is 0.889. The Balaban J connectivity index is 1.75. The van der Waals surface area contributed by atoms with E-state index in [1.165, 1.54) is 25.7 Å². The summed E-state index contributed by atoms with van der Waals surface area (Å²) in [5.41, 5.74) is 5.71. The first-order valence-electron chi connectivity index (χ1n) is 4.74. The minimum atomic E-state index is -0.0121. The maximum atomic E-state index is 10.9. The molecule has 68 valence electrons. The van der Waals surface area contributed by atoms with Crippen LogP contribution in [0.25, 0.3) is 0 Å². The summed E-state index contributed by atoms with van der Waals surface area (Å²) in [6, 6.07) is 0. The van der Waals surface area contributed by atoms with Crippen molar-refractivity contribution < 1.29 is 4.79 Å². The van der Waals surface area contributed by atoms with E-state index >= 15 is 0 Å². The Morgan fingerprint density at radius 1 is 1.50 bits per heavy atom. The van der Waals surface area contributed by atoms with Crippen molar-refractivity contribution in [1.82, 2.24) is 5.32 Å². The molecular weight excluding hydrogens is 152 g/mol. The van der Waals surface area contributed by atoms with Gasteiger partial charge in [-0.2, -0.15) is 0 Å². The minimum Gasteiger partial charge on any atom is -0.354 e. The van der Waals surface area contributed by atoms with E-state index in [4.69, 9.17) is 5.73 Å². The van der Waals surface area contributed by atoms with Gasteiger partial charge in [-0.25, -0.2) is 0 Å². The summed E-state index contributed by atoms with van der Waals surface area (Å²) in [7, 11) is 0. The van der Waals surface area contributed by atoms with E-state index in [1.807, 2.05) is 0 Å². The summed E-state index contributed by atoms with van der Waals surface area (Å²) in [6.45, 7) is 0.994. The van der Waals surface area contributed by atoms with Gasteiger partial charge in [0.1, 0.15) is 0 Å². The van der Waals surface area contributed by atoms with Gasteiger partial charge in [-0.3, -0.25) is 4.79 Å². The normalized spacial score (nSPS) is 25.1. The second-order valence-corrected chi connectivity index (χ2v) is 4.12. The Hall–Kier alpha value is -0.570. The first-order valence-corrected chi connectivity index (χ1v) is 4.74. The van der Waals surface area contributed by atoms with Crippen molar-refractivity contribution in [3.63, 3.8) is 0 Å². The van der Waals surface area contributed by atoms with E-state index < -0.39 is 0 Å². The lowest BCUT2D eigenvalue weighted by Gasteiger charge is -2.14. The molecule has 2 rings (SSSR count). The van der Waals surface area contributed by atoms with Crippen molar-refractivity contribution in [3.8, 4) is 0 Å². The third-order valence-electron chi connectivity index (χ3n) is 3.16. The van der Waals surface area contributed by atoms with E-state index in [0.29, 0.717) is 5.41 Å². The Kier molecular flexibility index (Phi) is 1.83. The summed E-state index contributed by atoms with van der Waals surface area (Å²) in [6.07, 6.45) is 5.36. The molecule has 0 heterocycles. The molecule has 0 unspecified atom stereocenters. The highest BCUT2D eigenvalue weighted by atomic mass is 16.1. The van der Waals surface area contributed by atoms with E-state index in [0.717, 1.165) is 12.5 Å². The Morgan fingerprint density at radius 2 is 2.17 bits per heavy atom. The number of nitrogens with two attached hydrogens (primary N) is 1. The molecule has 2 aliphatic carbocycles. The minimum absolute atomic E-state index is 0.0121. The summed E-state index contributed by atoms with van der Waals surface area (Å²) in [5.74, 6) is 0.900. The zero-order valence-corrected chi connectivity index (χ0v) is 7.31. The lowest BCUT2D eigenvalue weighted by Crippen LogP contribution is -2.35. The van der Waals surface area contributed by atoms with Gasteiger partial charge in [0, 0.05) is 6.54 Å². The number of amides is 1. The number of carbonyl (C=O) groups is 1. The van der Waals surface area contributed by atoms with Gasteiger partial charge in [0.15, 0.2) is 0 Å². The molecule has 0 spiro atoms. The van der Waals surface area contributed by atoms with Crippen molar-refractivity contribution in [2.45, 2.75) is 25.7 Å². The zero-order valence-electron chi connectivity index (χ0n) is 7.31. The molecule has 2 saturated carbocycles. The number of nitrogens with one attached hydrogen (secondary N) is 1. The van der Waals surface area contributed by atoms with Gasteiger partial charge in [0.25, 0.3) is 0 Å². The zero-order chi connectivity index (χ0) is 8.60. The summed E-state index contributed by atoms with van der Waals surface area (Å²) < 4.78 is 0. The van der Waals surface area contributed by atoms with Crippen LogP contribution in [-0.2, 0) is 4.79 Å². The Labute approximate surface area is 72.7 Å². The molecule has 0 aromatic heterocycles. The fourth-order valence-corrected chi connectivity index (χ4v) is 1.93. The molecule has 0 radical (unpaired) electrons. The van der Waals surface area contributed by atoms with Crippen molar-refractivity contribution >= 4 is 5.91 Å². The molecule has 3 heteroatoms. The van der Waals surface area contributed by atoms with Gasteiger partial charge in [-0.15, -0.1) is 0 Å². The van der Waals surface area contributed by atoms with Gasteiger partial charge in [-0.1, -0.05) is 0 Å². The van der Waals surface area contributed by atoms with E-state index in [1.54, 1.807) is 0 Å². The van der Waals surface area contributed by atoms with Gasteiger partial charge < -0.3 is 11.1 Å². The van der Waals surface area contributed by atoms with Crippen LogP contribution in [0.15, 0.2) is 0 Å². The monoisotopic (exact) mass is 168 g/mol. The van der Waals surface area contributed by atoms with Crippen LogP contribution in [0.5, 0.6) is 0 Å². The molecule has 0 saturated heterocycles. The molecule has 12 heavy (non-hydrogen) atoms. The maximum absolute atomic E-state index is 10.9. The standard InChI is InChI=1S/C9H16N2O/c10-5-8(12)11-6-9(3-4-9)7-1-2-7/h7H,1-6,10H2,(H,11,12). The third-order valence-corrected chi connectivity index (χ3v) is 3.16. The number of carbonyl (C=O) groups excluding carboxylic acids is 1. The largest absolute Gasteiger partial charge is 0.354 e. The molecule has 1 amide bonds. The van der Waals surface area contributed by atoms with Crippen molar-refractivity contribution in [2.24, 2.45) is 17.1 Å². The maximum Gasteiger partial charge on any atom is 0.233 e. The van der Waals surface area contributed by atoms with Crippen LogP contribution >= 0.6 is 0 Å². The number of rotatable bonds is 4. The quantitative estimate of drug-likeness (QED) is 0.632. The molecule has 3 nitrogen and oxygen atoms in total. The summed E-state index contributed by atoms with van der Waals surface area (Å²) in [5, 5.41) is 2.89. The molecule has 2 fully saturated rings. The van der Waals surface area contributed by atoms with Crippen LogP contribution in [0, 0.1) is 11.3 Å². The molecule has 2 aliphatic rings. The summed E-state index contributed by atoms with van der Waals surface area (Å²) >= 11 is 0. The fourth-order valence-electron chi connectivity index (χ4n) is 1.93. The lowest BCUT2D eigenvalue weighted by molar-refractivity contribution is -0.120. The van der Waals surface area contributed by atoms with Crippen molar-refractivity contribution in [1.29, 1.82) is 0 Å². The molecule has 3 N–H and O–H groups in total. The number of hydrogen-bond donors (Lipinski definition) is 2. The molecule has 0 aliphatic heterocycles. The van der Waals surface area contributed by atoms with Crippen LogP contribution in [-0.4, -0.2) is 19.0 Å². The highest BCUT2D eigenvalue weighted by Gasteiger charge is 2.53. The molecular formula is C9H16N2O. The van der Waals surface area contributed by atoms with Crippen LogP contribution < -0.4 is 11.1 Å². The highest BCUT2D eigenvalue weighted by molar-refractivity contribution is 5.77. The average molecular weight is 168 g/mol. The second-order valence-electron chi connectivity index (χ2n) is 4.12. The first kappa shape index (κ1) is 8.05. The smallest absolute Gasteiger partial charge is 0.233 e. The average Bonchev–Trinajstić information content (AvgIpc) is 2.88. The molecule has 0 bridgehead atoms. The topological polar surface area (TPSA) is 55.1 Å². The predicted octanol–water partition coefficient (Wildman–Crippen LogP) is 0.251. The van der Waals surface area contributed by atoms with E-state index in [2.05, 4.69) is 5.32 Å². The molecule has 0 aromatic carbocycles. The van der Waals surface area contributed by atoms with Crippen LogP contribution in [0.4, 0.5) is 0 Å². The lowest BCUT2D eigenvalue weighted by atomic mass is 10.0. The van der Waals surface area contributed by atoms with Gasteiger partial charge in [0.05, 0.1) is 6.54 Å². The van der Waals surface area contributed by atoms with Gasteiger partial charge in [0.2, 0.25) is 5.91 Å². The van der Waals surface area contributed by atoms with Crippen molar-refractivity contribution in [2.75, 3.05) is 13.1 Å². The second kappa shape index (κ2) is 2.73. The van der Waals surface area contributed by atoms with E-state index in [9.17, 15) is 4.79 Å². The first-order chi connectivity index (χ1) is 5.77. The molecule has 0 atom stereocenters. The van der Waals surface area contributed by atoms with Gasteiger partial charge in [-0.05, 0) is 37.0 Å². The van der Waals surface area contributed by atoms with E-state index in [-0.39, 0.29) is 12.5 Å². The predicted molar refractivity (Wildman–Crippen MR) is 46.5 cm³/mol. The summed E-state index contributed by atoms with van der Waals surface area (Å²) in [4.78, 5) is 10.9. The van der Waals surface area contributed by atoms with Crippen LogP contribution in [0.1, 0.15) is 25.7 Å². The highest BCUT2D eigenvalue weighted by Crippen LogP contribution is 2.60. The SMILES string of the molecule is NCC(=O)NCC1(C2CC2)CC1. The Bertz CT molecular complexity index is 195. The number of hydrogen-bond acceptors (Lipinski definition) is 2. The van der Waals surface area contributed by atoms with Crippen LogP contribution in [0.2, 0.25) is 0 Å². The van der Waals surface area contributed by atoms with Crippen molar-refractivity contribution in [3.05, 3.63) is 0 Å². The van der Waals surface area contributed by atoms with Crippen LogP contribution in [0.3, 0.4) is 0 Å². The van der Waals surface area contributed by atoms with Gasteiger partial charge >= 0.3 is 0 Å².